The summed E-state index contributed by atoms with van der Waals surface area (Å²) >= 11 is 0. The molecule has 28 heavy (non-hydrogen) atoms. The number of nitrogens with zero attached hydrogens (tertiary/aromatic N) is 1. The number of halogens is 2. The lowest BCUT2D eigenvalue weighted by Crippen LogP contribution is -2.30. The molecule has 0 radical (unpaired) electrons. The van der Waals surface area contributed by atoms with E-state index < -0.39 is 12.0 Å². The Labute approximate surface area is 164 Å². The van der Waals surface area contributed by atoms with Crippen LogP contribution in [0.25, 0.3) is 0 Å². The van der Waals surface area contributed by atoms with E-state index in [1.165, 1.54) is 18.2 Å². The molecule has 0 spiro atoms. The zero-order valence-electron chi connectivity index (χ0n) is 16.1. The lowest BCUT2D eigenvalue weighted by Gasteiger charge is -2.19. The average Bonchev–Trinajstić information content (AvgIpc) is 3.07. The van der Waals surface area contributed by atoms with Gasteiger partial charge in [-0.15, -0.1) is 0 Å². The number of ether oxygens (including phenoxy) is 1. The van der Waals surface area contributed by atoms with Crippen LogP contribution in [-0.4, -0.2) is 43.9 Å². The molecule has 1 aliphatic rings. The molecule has 3 atom stereocenters. The van der Waals surface area contributed by atoms with Crippen molar-refractivity contribution in [3.8, 4) is 0 Å². The summed E-state index contributed by atoms with van der Waals surface area (Å²) in [5, 5.41) is 6.39. The summed E-state index contributed by atoms with van der Waals surface area (Å²) in [5.74, 6) is 0.449. The Bertz CT molecular complexity index is 754. The molecule has 4 N–H and O–H groups in total. The molecule has 0 amide bonds. The zero-order chi connectivity index (χ0) is 19.9. The van der Waals surface area contributed by atoms with Gasteiger partial charge in [-0.25, -0.2) is 13.8 Å². The number of pyridine rings is 1. The predicted octanol–water partition coefficient (Wildman–Crippen LogP) is 2.56. The first kappa shape index (κ1) is 20.6. The quantitative estimate of drug-likeness (QED) is 0.574. The Morgan fingerprint density at radius 3 is 2.96 bits per heavy atom. The maximum Gasteiger partial charge on any atom is 0.138 e. The second-order valence-corrected chi connectivity index (χ2v) is 7.32. The number of nitrogen functional groups attached to an aromatic ring is 1. The van der Waals surface area contributed by atoms with E-state index in [4.69, 9.17) is 10.5 Å². The van der Waals surface area contributed by atoms with Crippen molar-refractivity contribution in [2.75, 3.05) is 38.5 Å². The molecule has 1 aliphatic heterocycles. The highest BCUT2D eigenvalue weighted by atomic mass is 19.1. The highest BCUT2D eigenvalue weighted by Crippen LogP contribution is 2.20. The molecule has 1 unspecified atom stereocenters. The molecule has 3 rings (SSSR count). The van der Waals surface area contributed by atoms with Crippen LogP contribution in [-0.2, 0) is 11.2 Å². The number of hydrogen-bond donors (Lipinski definition) is 3. The second kappa shape index (κ2) is 9.91. The van der Waals surface area contributed by atoms with Crippen LogP contribution in [0.1, 0.15) is 23.0 Å². The fourth-order valence-corrected chi connectivity index (χ4v) is 3.58. The van der Waals surface area contributed by atoms with Crippen LogP contribution in [0.15, 0.2) is 36.4 Å². The molecule has 0 saturated carbocycles. The van der Waals surface area contributed by atoms with Crippen LogP contribution in [0.2, 0.25) is 0 Å². The van der Waals surface area contributed by atoms with Gasteiger partial charge in [-0.2, -0.15) is 0 Å². The monoisotopic (exact) mass is 390 g/mol. The first-order valence-electron chi connectivity index (χ1n) is 9.67. The van der Waals surface area contributed by atoms with Crippen molar-refractivity contribution in [3.63, 3.8) is 0 Å². The molecule has 152 valence electrons. The van der Waals surface area contributed by atoms with Gasteiger partial charge >= 0.3 is 0 Å². The molecule has 2 aromatic rings. The van der Waals surface area contributed by atoms with Gasteiger partial charge in [0, 0.05) is 37.8 Å². The third kappa shape index (κ3) is 5.95. The van der Waals surface area contributed by atoms with Gasteiger partial charge < -0.3 is 21.1 Å². The molecule has 0 bridgehead atoms. The Hall–Kier alpha value is -2.09. The topological polar surface area (TPSA) is 72.2 Å². The summed E-state index contributed by atoms with van der Waals surface area (Å²) in [6, 6.07) is 9.56. The first-order chi connectivity index (χ1) is 13.5. The van der Waals surface area contributed by atoms with Crippen LogP contribution in [0.5, 0.6) is 0 Å². The normalized spacial score (nSPS) is 20.4. The van der Waals surface area contributed by atoms with E-state index in [0.29, 0.717) is 30.5 Å². The fraction of sp³-hybridized carbons (Fsp3) is 0.476. The van der Waals surface area contributed by atoms with Crippen molar-refractivity contribution in [1.82, 2.24) is 15.6 Å². The summed E-state index contributed by atoms with van der Waals surface area (Å²) in [4.78, 5) is 4.41. The second-order valence-electron chi connectivity index (χ2n) is 7.32. The van der Waals surface area contributed by atoms with Gasteiger partial charge in [-0.1, -0.05) is 12.1 Å². The van der Waals surface area contributed by atoms with Gasteiger partial charge in [-0.05, 0) is 48.7 Å². The summed E-state index contributed by atoms with van der Waals surface area (Å²) < 4.78 is 33.3. The molecular formula is C21H28F2N4O. The lowest BCUT2D eigenvalue weighted by molar-refractivity contribution is 0.0391. The first-order valence-corrected chi connectivity index (χ1v) is 9.67. The van der Waals surface area contributed by atoms with Crippen LogP contribution in [0.3, 0.4) is 0 Å². The SMILES string of the molecule is Cc1cc(N)nc(C[C@H]2CNC[C@H]2OCCNCC(F)c2cccc(F)c2)c1. The molecule has 1 aromatic heterocycles. The molecule has 0 aliphatic carbocycles. The Balaban J connectivity index is 1.39. The molecule has 5 nitrogen and oxygen atoms in total. The number of hydrogen-bond acceptors (Lipinski definition) is 5. The highest BCUT2D eigenvalue weighted by molar-refractivity contribution is 5.34. The standard InChI is InChI=1S/C21H28F2N4O/c1-14-7-18(27-21(24)8-14)10-16-11-26-13-20(16)28-6-5-25-12-19(23)15-3-2-4-17(22)9-15/h2-4,7-9,16,19-20,25-26H,5-6,10-13H2,1H3,(H2,24,27)/t16-,19?,20+/m0/s1. The van der Waals surface area contributed by atoms with Gasteiger partial charge in [0.25, 0.3) is 0 Å². The van der Waals surface area contributed by atoms with Crippen molar-refractivity contribution in [1.29, 1.82) is 0 Å². The van der Waals surface area contributed by atoms with E-state index in [1.54, 1.807) is 6.07 Å². The van der Waals surface area contributed by atoms with Crippen LogP contribution in [0, 0.1) is 18.7 Å². The zero-order valence-corrected chi connectivity index (χ0v) is 16.1. The van der Waals surface area contributed by atoms with E-state index in [9.17, 15) is 8.78 Å². The predicted molar refractivity (Wildman–Crippen MR) is 106 cm³/mol. The van der Waals surface area contributed by atoms with Crippen molar-refractivity contribution in [3.05, 3.63) is 59.0 Å². The maximum atomic E-state index is 14.1. The van der Waals surface area contributed by atoms with E-state index in [2.05, 4.69) is 21.7 Å². The van der Waals surface area contributed by atoms with E-state index in [-0.39, 0.29) is 12.6 Å². The maximum absolute atomic E-state index is 14.1. The van der Waals surface area contributed by atoms with Crippen molar-refractivity contribution < 1.29 is 13.5 Å². The third-order valence-corrected chi connectivity index (χ3v) is 4.94. The number of benzene rings is 1. The Kier molecular flexibility index (Phi) is 7.30. The van der Waals surface area contributed by atoms with E-state index in [1.807, 2.05) is 13.0 Å². The largest absolute Gasteiger partial charge is 0.384 e. The van der Waals surface area contributed by atoms with Gasteiger partial charge in [0.05, 0.1) is 12.7 Å². The molecular weight excluding hydrogens is 362 g/mol. The number of nitrogens with two attached hydrogens (primary N) is 1. The van der Waals surface area contributed by atoms with Crippen LogP contribution in [0.4, 0.5) is 14.6 Å². The fourth-order valence-electron chi connectivity index (χ4n) is 3.58. The van der Waals surface area contributed by atoms with Gasteiger partial charge in [-0.3, -0.25) is 0 Å². The minimum Gasteiger partial charge on any atom is -0.384 e. The number of alkyl halides is 1. The number of aromatic nitrogens is 1. The van der Waals surface area contributed by atoms with Crippen LogP contribution >= 0.6 is 0 Å². The van der Waals surface area contributed by atoms with Gasteiger partial charge in [0.2, 0.25) is 0 Å². The number of rotatable bonds is 9. The van der Waals surface area contributed by atoms with Crippen molar-refractivity contribution in [2.24, 2.45) is 5.92 Å². The van der Waals surface area contributed by atoms with Crippen molar-refractivity contribution >= 4 is 5.82 Å². The molecule has 1 fully saturated rings. The lowest BCUT2D eigenvalue weighted by atomic mass is 9.99. The summed E-state index contributed by atoms with van der Waals surface area (Å²) in [6.07, 6.45) is -0.340. The van der Waals surface area contributed by atoms with E-state index in [0.717, 1.165) is 30.8 Å². The minimum atomic E-state index is -1.24. The van der Waals surface area contributed by atoms with Crippen LogP contribution < -0.4 is 16.4 Å². The van der Waals surface area contributed by atoms with Gasteiger partial charge in [0.1, 0.15) is 17.8 Å². The summed E-state index contributed by atoms with van der Waals surface area (Å²) in [6.45, 7) is 4.83. The molecule has 7 heteroatoms. The summed E-state index contributed by atoms with van der Waals surface area (Å²) in [5.41, 5.74) is 8.27. The molecule has 1 saturated heterocycles. The molecule has 2 heterocycles. The van der Waals surface area contributed by atoms with E-state index >= 15 is 0 Å². The highest BCUT2D eigenvalue weighted by Gasteiger charge is 2.28. The number of nitrogens with one attached hydrogen (secondary N) is 2. The third-order valence-electron chi connectivity index (χ3n) is 4.94. The smallest absolute Gasteiger partial charge is 0.138 e. The Morgan fingerprint density at radius 2 is 2.18 bits per heavy atom. The minimum absolute atomic E-state index is 0.0923. The number of aryl methyl sites for hydroxylation is 1. The Morgan fingerprint density at radius 1 is 1.32 bits per heavy atom. The average molecular weight is 390 g/mol. The summed E-state index contributed by atoms with van der Waals surface area (Å²) in [7, 11) is 0. The number of anilines is 1. The van der Waals surface area contributed by atoms with Gasteiger partial charge in [0.15, 0.2) is 0 Å². The molecule has 1 aromatic carbocycles. The van der Waals surface area contributed by atoms with Crippen molar-refractivity contribution in [2.45, 2.75) is 25.6 Å².